The van der Waals surface area contributed by atoms with Crippen molar-refractivity contribution < 1.29 is 24.1 Å². The van der Waals surface area contributed by atoms with Crippen LogP contribution >= 0.6 is 0 Å². The first kappa shape index (κ1) is 20.5. The van der Waals surface area contributed by atoms with E-state index in [0.29, 0.717) is 12.5 Å². The van der Waals surface area contributed by atoms with Crippen LogP contribution in [-0.4, -0.2) is 36.7 Å². The zero-order valence-corrected chi connectivity index (χ0v) is 16.1. The lowest BCUT2D eigenvalue weighted by Crippen LogP contribution is -2.46. The first-order valence-corrected chi connectivity index (χ1v) is 9.33. The lowest BCUT2D eigenvalue weighted by Gasteiger charge is -2.41. The van der Waals surface area contributed by atoms with Crippen molar-refractivity contribution >= 4 is 12.0 Å². The lowest BCUT2D eigenvalue weighted by molar-refractivity contribution is -0.234. The van der Waals surface area contributed by atoms with Crippen molar-refractivity contribution in [3.63, 3.8) is 0 Å². The van der Waals surface area contributed by atoms with Gasteiger partial charge in [-0.1, -0.05) is 39.8 Å². The summed E-state index contributed by atoms with van der Waals surface area (Å²) in [6.45, 7) is 9.00. The summed E-state index contributed by atoms with van der Waals surface area (Å²) in [4.78, 5) is 11.9. The van der Waals surface area contributed by atoms with Crippen molar-refractivity contribution in [2.24, 2.45) is 17.8 Å². The molecule has 0 bridgehead atoms. The van der Waals surface area contributed by atoms with Gasteiger partial charge >= 0.3 is 5.97 Å². The van der Waals surface area contributed by atoms with Crippen molar-refractivity contribution in [2.45, 2.75) is 46.5 Å². The van der Waals surface area contributed by atoms with Crippen LogP contribution in [0.5, 0.6) is 5.75 Å². The Kier molecular flexibility index (Phi) is 7.66. The minimum atomic E-state index is -0.811. The Bertz CT molecular complexity index is 595. The predicted octanol–water partition coefficient (Wildman–Crippen LogP) is 3.66. The van der Waals surface area contributed by atoms with Crippen LogP contribution in [0.15, 0.2) is 30.3 Å². The molecule has 5 atom stereocenters. The van der Waals surface area contributed by atoms with E-state index in [1.54, 1.807) is 6.08 Å². The van der Waals surface area contributed by atoms with Crippen molar-refractivity contribution in [3.05, 3.63) is 35.9 Å². The molecule has 2 rings (SSSR count). The van der Waals surface area contributed by atoms with Crippen LogP contribution in [0.4, 0.5) is 0 Å². The van der Waals surface area contributed by atoms with Crippen LogP contribution in [0.2, 0.25) is 0 Å². The number of carbonyl (C=O) groups excluding carboxylic acids is 1. The third kappa shape index (κ3) is 5.58. The summed E-state index contributed by atoms with van der Waals surface area (Å²) in [7, 11) is 0. The fourth-order valence-electron chi connectivity index (χ4n) is 2.97. The summed E-state index contributed by atoms with van der Waals surface area (Å²) in [6, 6.07) is 7.53. The molecule has 0 spiro atoms. The second-order valence-electron chi connectivity index (χ2n) is 7.02. The first-order valence-electron chi connectivity index (χ1n) is 9.33. The van der Waals surface area contributed by atoms with E-state index in [1.807, 2.05) is 31.2 Å². The van der Waals surface area contributed by atoms with Crippen molar-refractivity contribution in [2.75, 3.05) is 13.2 Å². The fraction of sp³-hybridized carbons (Fsp3) is 0.571. The molecule has 1 N–H and O–H groups in total. The zero-order chi connectivity index (χ0) is 19.1. The van der Waals surface area contributed by atoms with Gasteiger partial charge in [0.05, 0.1) is 12.7 Å². The van der Waals surface area contributed by atoms with Gasteiger partial charge in [-0.3, -0.25) is 0 Å². The highest BCUT2D eigenvalue weighted by atomic mass is 16.6. The Labute approximate surface area is 156 Å². The molecule has 0 radical (unpaired) electrons. The van der Waals surface area contributed by atoms with Gasteiger partial charge in [0.1, 0.15) is 12.4 Å². The standard InChI is InChI=1S/C21H30O5/c1-5-12-24-18-9-6-17(7-10-18)8-11-20(22)25-13-19-15(3)14(2)16(4)21(23)26-19/h6-11,14-16,19,21,23H,5,12-13H2,1-4H3/b11-8+/t14-,15-,16?,19?,21-/m0/s1. The normalized spacial score (nSPS) is 28.9. The minimum absolute atomic E-state index is 0.0705. The van der Waals surface area contributed by atoms with Crippen LogP contribution < -0.4 is 4.74 Å². The molecule has 0 saturated carbocycles. The van der Waals surface area contributed by atoms with E-state index >= 15 is 0 Å². The van der Waals surface area contributed by atoms with Gasteiger partial charge in [-0.15, -0.1) is 0 Å². The molecule has 1 aromatic rings. The Balaban J connectivity index is 1.82. The highest BCUT2D eigenvalue weighted by Crippen LogP contribution is 2.34. The summed E-state index contributed by atoms with van der Waals surface area (Å²) < 4.78 is 16.4. The average Bonchev–Trinajstić information content (AvgIpc) is 2.65. The second-order valence-corrected chi connectivity index (χ2v) is 7.02. The molecule has 0 aliphatic carbocycles. The van der Waals surface area contributed by atoms with Gasteiger partial charge in [-0.05, 0) is 42.0 Å². The molecular weight excluding hydrogens is 332 g/mol. The van der Waals surface area contributed by atoms with Gasteiger partial charge in [0, 0.05) is 12.0 Å². The Morgan fingerprint density at radius 2 is 1.85 bits per heavy atom. The van der Waals surface area contributed by atoms with Crippen LogP contribution in [-0.2, 0) is 14.3 Å². The fourth-order valence-corrected chi connectivity index (χ4v) is 2.97. The van der Waals surface area contributed by atoms with Gasteiger partial charge in [0.15, 0.2) is 6.29 Å². The van der Waals surface area contributed by atoms with Crippen LogP contribution in [0, 0.1) is 17.8 Å². The molecule has 1 aliphatic rings. The Morgan fingerprint density at radius 1 is 1.15 bits per heavy atom. The average molecular weight is 362 g/mol. The molecule has 2 unspecified atom stereocenters. The molecule has 1 heterocycles. The monoisotopic (exact) mass is 362 g/mol. The first-order chi connectivity index (χ1) is 12.4. The summed E-state index contributed by atoms with van der Waals surface area (Å²) in [5.74, 6) is 0.971. The largest absolute Gasteiger partial charge is 0.494 e. The van der Waals surface area contributed by atoms with Gasteiger partial charge in [-0.25, -0.2) is 4.79 Å². The van der Waals surface area contributed by atoms with E-state index in [9.17, 15) is 9.90 Å². The lowest BCUT2D eigenvalue weighted by atomic mass is 9.79. The quantitative estimate of drug-likeness (QED) is 0.592. The van der Waals surface area contributed by atoms with Gasteiger partial charge < -0.3 is 19.3 Å². The number of esters is 1. The number of aliphatic hydroxyl groups excluding tert-OH is 1. The van der Waals surface area contributed by atoms with Crippen LogP contribution in [0.3, 0.4) is 0 Å². The maximum Gasteiger partial charge on any atom is 0.330 e. The van der Waals surface area contributed by atoms with Gasteiger partial charge in [-0.2, -0.15) is 0 Å². The van der Waals surface area contributed by atoms with Crippen molar-refractivity contribution in [1.29, 1.82) is 0 Å². The summed E-state index contributed by atoms with van der Waals surface area (Å²) in [6.07, 6.45) is 2.97. The predicted molar refractivity (Wildman–Crippen MR) is 101 cm³/mol. The number of carbonyl (C=O) groups is 1. The van der Waals surface area contributed by atoms with E-state index in [4.69, 9.17) is 14.2 Å². The number of benzene rings is 1. The third-order valence-corrected chi connectivity index (χ3v) is 5.16. The maximum absolute atomic E-state index is 11.9. The molecule has 5 heteroatoms. The highest BCUT2D eigenvalue weighted by Gasteiger charge is 2.38. The maximum atomic E-state index is 11.9. The van der Waals surface area contributed by atoms with E-state index in [0.717, 1.165) is 17.7 Å². The molecular formula is C21H30O5. The Morgan fingerprint density at radius 3 is 2.50 bits per heavy atom. The molecule has 26 heavy (non-hydrogen) atoms. The smallest absolute Gasteiger partial charge is 0.330 e. The second kappa shape index (κ2) is 9.74. The van der Waals surface area contributed by atoms with E-state index in [1.165, 1.54) is 6.08 Å². The van der Waals surface area contributed by atoms with Crippen molar-refractivity contribution in [1.82, 2.24) is 0 Å². The summed E-state index contributed by atoms with van der Waals surface area (Å²) in [5.41, 5.74) is 0.894. The molecule has 1 saturated heterocycles. The molecule has 1 fully saturated rings. The number of ether oxygens (including phenoxy) is 3. The number of rotatable bonds is 7. The zero-order valence-electron chi connectivity index (χ0n) is 16.1. The van der Waals surface area contributed by atoms with E-state index < -0.39 is 12.3 Å². The Hall–Kier alpha value is -1.85. The number of hydrogen-bond donors (Lipinski definition) is 1. The molecule has 0 aromatic heterocycles. The molecule has 0 amide bonds. The van der Waals surface area contributed by atoms with Crippen molar-refractivity contribution in [3.8, 4) is 5.75 Å². The van der Waals surface area contributed by atoms with Crippen LogP contribution in [0.25, 0.3) is 6.08 Å². The summed E-state index contributed by atoms with van der Waals surface area (Å²) in [5, 5.41) is 9.94. The third-order valence-electron chi connectivity index (χ3n) is 5.16. The number of hydrogen-bond acceptors (Lipinski definition) is 5. The van der Waals surface area contributed by atoms with E-state index in [2.05, 4.69) is 20.8 Å². The highest BCUT2D eigenvalue weighted by molar-refractivity contribution is 5.87. The molecule has 1 aromatic carbocycles. The van der Waals surface area contributed by atoms with E-state index in [-0.39, 0.29) is 24.5 Å². The molecule has 144 valence electrons. The molecule has 1 aliphatic heterocycles. The van der Waals surface area contributed by atoms with Crippen LogP contribution in [0.1, 0.15) is 39.7 Å². The SMILES string of the molecule is CCCOc1ccc(/C=C/C(=O)OCC2O[C@H](O)C(C)[C@@H](C)[C@@H]2C)cc1. The van der Waals surface area contributed by atoms with Gasteiger partial charge in [0.2, 0.25) is 0 Å². The number of aliphatic hydroxyl groups is 1. The topological polar surface area (TPSA) is 65.0 Å². The summed E-state index contributed by atoms with van der Waals surface area (Å²) >= 11 is 0. The van der Waals surface area contributed by atoms with Gasteiger partial charge in [0.25, 0.3) is 0 Å². The minimum Gasteiger partial charge on any atom is -0.494 e. The molecule has 5 nitrogen and oxygen atoms in total.